The van der Waals surface area contributed by atoms with Crippen molar-refractivity contribution in [2.75, 3.05) is 20.4 Å². The maximum atomic E-state index is 13.9. The Labute approximate surface area is 269 Å². The molecular weight excluding hydrogens is 620 g/mol. The van der Waals surface area contributed by atoms with E-state index in [4.69, 9.17) is 0 Å². The standard InChI is InChI=1S/C33H30N8O5S/c1-19-12-13-40-29(19)33(44)41(23-6-4-3-5-7-23)32(38-40)20(2)37-31-28-27(17-34-30(28)35-18-36-31)21-14-22(16-25(43)15-21)39-47(45,46)26-10-8-24(42)9-11-26/h3-18,20,32,38-39,42-43H,1-2H3,(H2,34,35,36,37)/t20-,32?/m0/s1. The lowest BCUT2D eigenvalue weighted by Crippen LogP contribution is -2.59. The molecule has 0 aliphatic carbocycles. The zero-order chi connectivity index (χ0) is 32.9. The van der Waals surface area contributed by atoms with Gasteiger partial charge in [0.2, 0.25) is 0 Å². The molecule has 2 atom stereocenters. The number of nitrogens with one attached hydrogen (secondary N) is 4. The number of para-hydroxylation sites is 1. The van der Waals surface area contributed by atoms with E-state index in [9.17, 15) is 23.4 Å². The zero-order valence-corrected chi connectivity index (χ0v) is 26.0. The first kappa shape index (κ1) is 29.7. The van der Waals surface area contributed by atoms with E-state index in [1.54, 1.807) is 21.8 Å². The third-order valence-corrected chi connectivity index (χ3v) is 9.43. The van der Waals surface area contributed by atoms with Gasteiger partial charge in [-0.25, -0.2) is 18.4 Å². The van der Waals surface area contributed by atoms with Gasteiger partial charge >= 0.3 is 0 Å². The Morgan fingerprint density at radius 1 is 0.957 bits per heavy atom. The van der Waals surface area contributed by atoms with Crippen molar-refractivity contribution >= 4 is 44.2 Å². The van der Waals surface area contributed by atoms with E-state index < -0.39 is 22.2 Å². The summed E-state index contributed by atoms with van der Waals surface area (Å²) in [6.45, 7) is 3.83. The fourth-order valence-electron chi connectivity index (χ4n) is 5.81. The average molecular weight is 651 g/mol. The number of hydrogen-bond acceptors (Lipinski definition) is 9. The van der Waals surface area contributed by atoms with E-state index in [0.29, 0.717) is 33.7 Å². The molecule has 3 aromatic carbocycles. The number of sulfonamides is 1. The number of phenols is 2. The van der Waals surface area contributed by atoms with E-state index in [-0.39, 0.29) is 28.0 Å². The normalized spacial score (nSPS) is 15.2. The largest absolute Gasteiger partial charge is 0.508 e. The Kier molecular flexibility index (Phi) is 7.20. The fraction of sp³-hybridized carbons (Fsp3) is 0.121. The van der Waals surface area contributed by atoms with Crippen molar-refractivity contribution in [1.29, 1.82) is 0 Å². The van der Waals surface area contributed by atoms with E-state index in [2.05, 4.69) is 30.4 Å². The van der Waals surface area contributed by atoms with Crippen LogP contribution in [0.25, 0.3) is 22.2 Å². The average Bonchev–Trinajstić information content (AvgIpc) is 3.65. The number of H-pyrrole nitrogens is 1. The van der Waals surface area contributed by atoms with Crippen LogP contribution in [-0.2, 0) is 10.0 Å². The third kappa shape index (κ3) is 5.44. The topological polar surface area (TPSA) is 178 Å². The van der Waals surface area contributed by atoms with Crippen LogP contribution in [0, 0.1) is 6.92 Å². The Hall–Kier alpha value is -6.02. The maximum absolute atomic E-state index is 13.9. The van der Waals surface area contributed by atoms with Gasteiger partial charge < -0.3 is 25.9 Å². The summed E-state index contributed by atoms with van der Waals surface area (Å²) >= 11 is 0. The number of anilines is 3. The summed E-state index contributed by atoms with van der Waals surface area (Å²) in [6, 6.07) is 20.4. The molecule has 1 aliphatic rings. The van der Waals surface area contributed by atoms with Crippen LogP contribution in [0.5, 0.6) is 11.5 Å². The van der Waals surface area contributed by atoms with Gasteiger partial charge in [-0.15, -0.1) is 0 Å². The van der Waals surface area contributed by atoms with E-state index in [1.807, 2.05) is 56.4 Å². The molecule has 1 amide bonds. The molecule has 0 fully saturated rings. The lowest BCUT2D eigenvalue weighted by atomic mass is 10.0. The number of rotatable bonds is 8. The highest BCUT2D eigenvalue weighted by atomic mass is 32.2. The number of amides is 1. The number of benzene rings is 3. The molecule has 238 valence electrons. The molecule has 0 radical (unpaired) electrons. The molecular formula is C33H30N8O5S. The molecule has 6 aromatic rings. The number of aryl methyl sites for hydroxylation is 1. The highest BCUT2D eigenvalue weighted by molar-refractivity contribution is 7.92. The third-order valence-electron chi connectivity index (χ3n) is 8.03. The number of aromatic nitrogens is 4. The highest BCUT2D eigenvalue weighted by Gasteiger charge is 2.37. The SMILES string of the molecule is Cc1ccn2c1C(=O)N(c1ccccc1)C([C@H](C)Nc1ncnc3[nH]cc(-c4cc(O)cc(NS(=O)(=O)c5ccc(O)cc5)c4)c13)N2. The minimum atomic E-state index is -4.02. The molecule has 0 bridgehead atoms. The van der Waals surface area contributed by atoms with Gasteiger partial charge in [0.05, 0.1) is 22.0 Å². The first-order valence-electron chi connectivity index (χ1n) is 14.7. The van der Waals surface area contributed by atoms with Crippen LogP contribution in [0.4, 0.5) is 17.2 Å². The van der Waals surface area contributed by atoms with Crippen molar-refractivity contribution in [2.24, 2.45) is 0 Å². The van der Waals surface area contributed by atoms with Crippen molar-refractivity contribution < 1.29 is 23.4 Å². The number of nitrogens with zero attached hydrogens (tertiary/aromatic N) is 4. The summed E-state index contributed by atoms with van der Waals surface area (Å²) in [5.41, 5.74) is 7.33. The van der Waals surface area contributed by atoms with Crippen molar-refractivity contribution in [3.63, 3.8) is 0 Å². The molecule has 6 N–H and O–H groups in total. The van der Waals surface area contributed by atoms with Gasteiger partial charge in [-0.3, -0.25) is 19.1 Å². The minimum absolute atomic E-state index is 0.0531. The second-order valence-electron chi connectivity index (χ2n) is 11.3. The van der Waals surface area contributed by atoms with Gasteiger partial charge in [-0.05, 0) is 79.6 Å². The monoisotopic (exact) mass is 650 g/mol. The second kappa shape index (κ2) is 11.4. The van der Waals surface area contributed by atoms with Crippen LogP contribution in [0.2, 0.25) is 0 Å². The summed E-state index contributed by atoms with van der Waals surface area (Å²) in [4.78, 5) is 27.6. The quantitative estimate of drug-likeness (QED) is 0.133. The van der Waals surface area contributed by atoms with Gasteiger partial charge in [-0.2, -0.15) is 0 Å². The van der Waals surface area contributed by atoms with Crippen LogP contribution in [0.1, 0.15) is 23.0 Å². The summed E-state index contributed by atoms with van der Waals surface area (Å²) in [6.07, 6.45) is 4.42. The molecule has 1 aliphatic heterocycles. The molecule has 7 rings (SSSR count). The van der Waals surface area contributed by atoms with Gasteiger partial charge in [0, 0.05) is 29.7 Å². The van der Waals surface area contributed by atoms with Gasteiger partial charge in [0.1, 0.15) is 41.2 Å². The zero-order valence-electron chi connectivity index (χ0n) is 25.2. The van der Waals surface area contributed by atoms with E-state index in [0.717, 1.165) is 11.3 Å². The lowest BCUT2D eigenvalue weighted by Gasteiger charge is -2.41. The number of fused-ring (bicyclic) bond motifs is 2. The van der Waals surface area contributed by atoms with Crippen LogP contribution in [0.3, 0.4) is 0 Å². The Bertz CT molecular complexity index is 2230. The van der Waals surface area contributed by atoms with Crippen molar-refractivity contribution in [2.45, 2.75) is 31.0 Å². The van der Waals surface area contributed by atoms with Crippen molar-refractivity contribution in [3.8, 4) is 22.6 Å². The van der Waals surface area contributed by atoms with Gasteiger partial charge in [-0.1, -0.05) is 18.2 Å². The second-order valence-corrected chi connectivity index (χ2v) is 12.9. The first-order valence-corrected chi connectivity index (χ1v) is 16.2. The molecule has 4 heterocycles. The van der Waals surface area contributed by atoms with Crippen LogP contribution >= 0.6 is 0 Å². The summed E-state index contributed by atoms with van der Waals surface area (Å²) < 4.78 is 30.3. The van der Waals surface area contributed by atoms with Gasteiger partial charge in [0.15, 0.2) is 0 Å². The smallest absolute Gasteiger partial charge is 0.278 e. The molecule has 13 nitrogen and oxygen atoms in total. The summed E-state index contributed by atoms with van der Waals surface area (Å²) in [7, 11) is -4.02. The molecule has 0 saturated heterocycles. The van der Waals surface area contributed by atoms with Crippen molar-refractivity contribution in [3.05, 3.63) is 109 Å². The number of carbonyl (C=O) groups is 1. The number of aromatic amines is 1. The predicted molar refractivity (Wildman–Crippen MR) is 179 cm³/mol. The molecule has 0 spiro atoms. The predicted octanol–water partition coefficient (Wildman–Crippen LogP) is 4.98. The fourth-order valence-corrected chi connectivity index (χ4v) is 6.85. The lowest BCUT2D eigenvalue weighted by molar-refractivity contribution is 0.0954. The molecule has 47 heavy (non-hydrogen) atoms. The van der Waals surface area contributed by atoms with Crippen LogP contribution in [0.15, 0.2) is 102 Å². The van der Waals surface area contributed by atoms with E-state index >= 15 is 0 Å². The molecule has 0 saturated carbocycles. The molecule has 14 heteroatoms. The van der Waals surface area contributed by atoms with Crippen LogP contribution < -0.4 is 20.4 Å². The Morgan fingerprint density at radius 2 is 1.72 bits per heavy atom. The maximum Gasteiger partial charge on any atom is 0.278 e. The summed E-state index contributed by atoms with van der Waals surface area (Å²) in [5.74, 6) is 0.0895. The Balaban J connectivity index is 1.24. The number of carbonyl (C=O) groups excluding carboxylic acids is 1. The number of hydrogen-bond donors (Lipinski definition) is 6. The first-order chi connectivity index (χ1) is 22.6. The number of aromatic hydroxyl groups is 2. The molecule has 3 aromatic heterocycles. The molecule has 1 unspecified atom stereocenters. The van der Waals surface area contributed by atoms with Crippen LogP contribution in [-0.4, -0.2) is 56.4 Å². The van der Waals surface area contributed by atoms with Crippen molar-refractivity contribution in [1.82, 2.24) is 19.6 Å². The Morgan fingerprint density at radius 3 is 2.49 bits per heavy atom. The van der Waals surface area contributed by atoms with Gasteiger partial charge in [0.25, 0.3) is 15.9 Å². The number of phenolic OH excluding ortho intramolecular Hbond substituents is 2. The summed E-state index contributed by atoms with van der Waals surface area (Å²) in [5, 5.41) is 24.2. The highest BCUT2D eigenvalue weighted by Crippen LogP contribution is 2.37. The van der Waals surface area contributed by atoms with E-state index in [1.165, 1.54) is 42.7 Å². The minimum Gasteiger partial charge on any atom is -0.508 e.